The largest absolute Gasteiger partial charge is 0.465 e. The maximum absolute atomic E-state index is 11.1. The van der Waals surface area contributed by atoms with Gasteiger partial charge in [0.15, 0.2) is 0 Å². The fraction of sp³-hybridized carbons (Fsp3) is 0.250. The number of rotatable bonds is 2. The van der Waals surface area contributed by atoms with E-state index in [0.29, 0.717) is 6.61 Å². The lowest BCUT2D eigenvalue weighted by molar-refractivity contribution is -0.141. The van der Waals surface area contributed by atoms with E-state index >= 15 is 0 Å². The molecule has 0 atom stereocenters. The van der Waals surface area contributed by atoms with Crippen molar-refractivity contribution in [2.45, 2.75) is 20.3 Å². The summed E-state index contributed by atoms with van der Waals surface area (Å²) >= 11 is 0. The summed E-state index contributed by atoms with van der Waals surface area (Å²) in [5, 5.41) is 1.05. The van der Waals surface area contributed by atoms with Gasteiger partial charge in [-0.3, -0.25) is 9.78 Å². The van der Waals surface area contributed by atoms with Crippen LogP contribution < -0.4 is 0 Å². The van der Waals surface area contributed by atoms with E-state index in [-0.39, 0.29) is 12.4 Å². The summed E-state index contributed by atoms with van der Waals surface area (Å²) in [7, 11) is 0. The molecule has 0 aliphatic heterocycles. The van der Waals surface area contributed by atoms with E-state index < -0.39 is 0 Å². The molecule has 0 aliphatic rings. The predicted octanol–water partition coefficient (Wildman–Crippen LogP) is 2.85. The van der Waals surface area contributed by atoms with Crippen molar-refractivity contribution in [2.24, 2.45) is 0 Å². The molecule has 0 aliphatic carbocycles. The van der Waals surface area contributed by atoms with Crippen molar-refractivity contribution < 1.29 is 9.53 Å². The highest BCUT2D eigenvalue weighted by molar-refractivity contribution is 5.80. The van der Waals surface area contributed by atoms with E-state index in [1.165, 1.54) is 0 Å². The van der Waals surface area contributed by atoms with Crippen molar-refractivity contribution >= 4 is 16.9 Å². The molecule has 0 radical (unpaired) electrons. The molecule has 1 aromatic carbocycles. The Bertz CT molecular complexity index is 665. The Hall–Kier alpha value is -2.34. The fourth-order valence-electron chi connectivity index (χ4n) is 1.74. The molecule has 3 heteroatoms. The lowest BCUT2D eigenvalue weighted by Crippen LogP contribution is -2.01. The second-order valence-corrected chi connectivity index (χ2v) is 4.14. The van der Waals surface area contributed by atoms with Crippen LogP contribution in [0.4, 0.5) is 0 Å². The molecular formula is C16H15NO2. The second-order valence-electron chi connectivity index (χ2n) is 4.14. The smallest absolute Gasteiger partial charge is 0.317 e. The van der Waals surface area contributed by atoms with Crippen LogP contribution in [0.15, 0.2) is 30.3 Å². The van der Waals surface area contributed by atoms with Crippen molar-refractivity contribution in [3.8, 4) is 11.8 Å². The zero-order chi connectivity index (χ0) is 13.7. The van der Waals surface area contributed by atoms with E-state index in [1.807, 2.05) is 37.3 Å². The van der Waals surface area contributed by atoms with Crippen LogP contribution in [-0.4, -0.2) is 17.6 Å². The standard InChI is InChI=1S/C16H15NO2/c1-3-19-16(18)6-4-5-13-8-10-15-14(11-13)9-7-12(2)17-15/h7-11H,3,6H2,1-2H3. The SMILES string of the molecule is CCOC(=O)CC#Cc1ccc2nc(C)ccc2c1. The number of aryl methyl sites for hydroxylation is 1. The average molecular weight is 253 g/mol. The number of pyridine rings is 1. The molecule has 0 amide bonds. The van der Waals surface area contributed by atoms with Crippen LogP contribution in [0, 0.1) is 18.8 Å². The molecular weight excluding hydrogens is 238 g/mol. The molecule has 0 unspecified atom stereocenters. The number of ether oxygens (including phenoxy) is 1. The number of esters is 1. The molecule has 19 heavy (non-hydrogen) atoms. The number of benzene rings is 1. The van der Waals surface area contributed by atoms with Gasteiger partial charge in [0.1, 0.15) is 6.42 Å². The normalized spacial score (nSPS) is 9.79. The van der Waals surface area contributed by atoms with E-state index in [4.69, 9.17) is 4.74 Å². The number of carbonyl (C=O) groups excluding carboxylic acids is 1. The zero-order valence-corrected chi connectivity index (χ0v) is 11.1. The van der Waals surface area contributed by atoms with Crippen molar-refractivity contribution in [1.29, 1.82) is 0 Å². The Morgan fingerprint density at radius 3 is 2.95 bits per heavy atom. The van der Waals surface area contributed by atoms with Gasteiger partial charge in [-0.25, -0.2) is 0 Å². The van der Waals surface area contributed by atoms with Crippen molar-refractivity contribution in [1.82, 2.24) is 4.98 Å². The number of fused-ring (bicyclic) bond motifs is 1. The minimum Gasteiger partial charge on any atom is -0.465 e. The summed E-state index contributed by atoms with van der Waals surface area (Å²) in [6.07, 6.45) is 0.123. The maximum Gasteiger partial charge on any atom is 0.317 e. The van der Waals surface area contributed by atoms with Gasteiger partial charge < -0.3 is 4.74 Å². The van der Waals surface area contributed by atoms with Gasteiger partial charge in [-0.2, -0.15) is 0 Å². The minimum atomic E-state index is -0.284. The van der Waals surface area contributed by atoms with Gasteiger partial charge in [0.25, 0.3) is 0 Å². The van der Waals surface area contributed by atoms with Gasteiger partial charge in [-0.1, -0.05) is 17.9 Å². The summed E-state index contributed by atoms with van der Waals surface area (Å²) in [6.45, 7) is 4.14. The first-order valence-corrected chi connectivity index (χ1v) is 6.21. The molecule has 1 heterocycles. The number of carbonyl (C=O) groups is 1. The molecule has 0 spiro atoms. The topological polar surface area (TPSA) is 39.2 Å². The van der Waals surface area contributed by atoms with Gasteiger partial charge in [0.2, 0.25) is 0 Å². The number of aromatic nitrogens is 1. The summed E-state index contributed by atoms with van der Waals surface area (Å²) < 4.78 is 4.81. The highest BCUT2D eigenvalue weighted by atomic mass is 16.5. The lowest BCUT2D eigenvalue weighted by Gasteiger charge is -1.99. The van der Waals surface area contributed by atoms with E-state index in [1.54, 1.807) is 6.92 Å². The third kappa shape index (κ3) is 3.56. The highest BCUT2D eigenvalue weighted by Crippen LogP contribution is 2.14. The van der Waals surface area contributed by atoms with E-state index in [0.717, 1.165) is 22.2 Å². The van der Waals surface area contributed by atoms with Crippen LogP contribution in [0.25, 0.3) is 10.9 Å². The van der Waals surface area contributed by atoms with Gasteiger partial charge >= 0.3 is 5.97 Å². The Kier molecular flexibility index (Phi) is 4.15. The first kappa shape index (κ1) is 13.1. The maximum atomic E-state index is 11.1. The molecule has 96 valence electrons. The second kappa shape index (κ2) is 6.01. The number of hydrogen-bond donors (Lipinski definition) is 0. The van der Waals surface area contributed by atoms with E-state index in [2.05, 4.69) is 16.8 Å². The Labute approximate surface area is 112 Å². The first-order chi connectivity index (χ1) is 9.19. The Morgan fingerprint density at radius 1 is 1.32 bits per heavy atom. The Morgan fingerprint density at radius 2 is 2.16 bits per heavy atom. The molecule has 0 bridgehead atoms. The third-order valence-electron chi connectivity index (χ3n) is 2.60. The van der Waals surface area contributed by atoms with Crippen molar-refractivity contribution in [2.75, 3.05) is 6.61 Å². The van der Waals surface area contributed by atoms with Crippen LogP contribution >= 0.6 is 0 Å². The van der Waals surface area contributed by atoms with Gasteiger partial charge in [-0.15, -0.1) is 0 Å². The molecule has 0 saturated heterocycles. The molecule has 0 fully saturated rings. The lowest BCUT2D eigenvalue weighted by atomic mass is 10.1. The molecule has 0 N–H and O–H groups in total. The molecule has 1 aromatic heterocycles. The van der Waals surface area contributed by atoms with Crippen LogP contribution in [0.3, 0.4) is 0 Å². The summed E-state index contributed by atoms with van der Waals surface area (Å²) in [5.74, 6) is 5.50. The van der Waals surface area contributed by atoms with E-state index in [9.17, 15) is 4.79 Å². The quantitative estimate of drug-likeness (QED) is 0.610. The van der Waals surface area contributed by atoms with Gasteiger partial charge in [0, 0.05) is 16.6 Å². The van der Waals surface area contributed by atoms with Crippen LogP contribution in [0.5, 0.6) is 0 Å². The molecule has 0 saturated carbocycles. The Balaban J connectivity index is 2.16. The summed E-state index contributed by atoms with van der Waals surface area (Å²) in [5.41, 5.74) is 2.83. The van der Waals surface area contributed by atoms with Crippen LogP contribution in [0.1, 0.15) is 24.6 Å². The average Bonchev–Trinajstić information content (AvgIpc) is 2.39. The summed E-state index contributed by atoms with van der Waals surface area (Å²) in [4.78, 5) is 15.6. The van der Waals surface area contributed by atoms with Crippen LogP contribution in [0.2, 0.25) is 0 Å². The van der Waals surface area contributed by atoms with Crippen molar-refractivity contribution in [3.63, 3.8) is 0 Å². The summed E-state index contributed by atoms with van der Waals surface area (Å²) in [6, 6.07) is 9.82. The first-order valence-electron chi connectivity index (χ1n) is 6.21. The molecule has 2 rings (SSSR count). The fourth-order valence-corrected chi connectivity index (χ4v) is 1.74. The minimum absolute atomic E-state index is 0.123. The van der Waals surface area contributed by atoms with Gasteiger partial charge in [-0.05, 0) is 38.1 Å². The number of nitrogens with zero attached hydrogens (tertiary/aromatic N) is 1. The van der Waals surface area contributed by atoms with Crippen molar-refractivity contribution in [3.05, 3.63) is 41.6 Å². The predicted molar refractivity (Wildman–Crippen MR) is 74.6 cm³/mol. The highest BCUT2D eigenvalue weighted by Gasteiger charge is 1.98. The number of hydrogen-bond acceptors (Lipinski definition) is 3. The monoisotopic (exact) mass is 253 g/mol. The third-order valence-corrected chi connectivity index (χ3v) is 2.60. The zero-order valence-electron chi connectivity index (χ0n) is 11.1. The molecule has 3 nitrogen and oxygen atoms in total. The molecule has 2 aromatic rings. The van der Waals surface area contributed by atoms with Crippen LogP contribution in [-0.2, 0) is 9.53 Å². The van der Waals surface area contributed by atoms with Gasteiger partial charge in [0.05, 0.1) is 12.1 Å².